The minimum Gasteiger partial charge on any atom is -0.371 e. The molecule has 7 heteroatoms. The summed E-state index contributed by atoms with van der Waals surface area (Å²) in [4.78, 5) is 18.1. The number of aryl methyl sites for hydroxylation is 1. The van der Waals surface area contributed by atoms with E-state index in [1.54, 1.807) is 7.05 Å². The van der Waals surface area contributed by atoms with Crippen LogP contribution in [0.1, 0.15) is 25.1 Å². The molecule has 0 bridgehead atoms. The highest BCUT2D eigenvalue weighted by Gasteiger charge is 2.44. The molecule has 7 nitrogen and oxygen atoms in total. The third-order valence-electron chi connectivity index (χ3n) is 4.81. The lowest BCUT2D eigenvalue weighted by Crippen LogP contribution is -2.47. The van der Waals surface area contributed by atoms with Crippen molar-refractivity contribution in [1.29, 1.82) is 0 Å². The lowest BCUT2D eigenvalue weighted by Gasteiger charge is -2.39. The van der Waals surface area contributed by atoms with Crippen LogP contribution in [-0.4, -0.2) is 65.4 Å². The zero-order chi connectivity index (χ0) is 16.3. The van der Waals surface area contributed by atoms with E-state index in [2.05, 4.69) is 19.8 Å². The van der Waals surface area contributed by atoms with Crippen LogP contribution in [0.25, 0.3) is 0 Å². The number of likely N-dealkylation sites (N-methyl/N-ethyl adjacent to an activating group) is 1. The molecule has 1 amide bonds. The van der Waals surface area contributed by atoms with E-state index in [9.17, 15) is 4.79 Å². The Morgan fingerprint density at radius 2 is 2.48 bits per heavy atom. The summed E-state index contributed by atoms with van der Waals surface area (Å²) in [7, 11) is 3.64. The van der Waals surface area contributed by atoms with E-state index in [4.69, 9.17) is 9.47 Å². The number of hydrogen-bond donors (Lipinski definition) is 1. The van der Waals surface area contributed by atoms with Crippen LogP contribution in [0, 0.1) is 0 Å². The van der Waals surface area contributed by atoms with Gasteiger partial charge in [-0.15, -0.1) is 0 Å². The minimum absolute atomic E-state index is 0.0143. The lowest BCUT2D eigenvalue weighted by atomic mass is 9.89. The standard InChI is InChI=1S/C16H26N4O3/c1-17-15(21)11-22-13-8-16(23-10-13)4-3-6-20(12-16)9-14-18-5-7-19(14)2/h5,7,13H,3-4,6,8-12H2,1-2H3,(H,17,21). The summed E-state index contributed by atoms with van der Waals surface area (Å²) in [5.41, 5.74) is -0.128. The Kier molecular flexibility index (Phi) is 4.99. The van der Waals surface area contributed by atoms with Gasteiger partial charge in [0.1, 0.15) is 12.4 Å². The average Bonchev–Trinajstić information content (AvgIpc) is 3.12. The molecule has 2 unspecified atom stereocenters. The fourth-order valence-corrected chi connectivity index (χ4v) is 3.53. The maximum absolute atomic E-state index is 11.3. The van der Waals surface area contributed by atoms with Gasteiger partial charge in [-0.1, -0.05) is 0 Å². The van der Waals surface area contributed by atoms with E-state index in [0.29, 0.717) is 6.61 Å². The van der Waals surface area contributed by atoms with Gasteiger partial charge in [0, 0.05) is 39.5 Å². The minimum atomic E-state index is -0.128. The third-order valence-corrected chi connectivity index (χ3v) is 4.81. The van der Waals surface area contributed by atoms with Crippen molar-refractivity contribution < 1.29 is 14.3 Å². The first-order chi connectivity index (χ1) is 11.1. The highest BCUT2D eigenvalue weighted by atomic mass is 16.6. The molecule has 0 aliphatic carbocycles. The highest BCUT2D eigenvalue weighted by Crippen LogP contribution is 2.36. The molecule has 0 radical (unpaired) electrons. The van der Waals surface area contributed by atoms with Gasteiger partial charge in [0.25, 0.3) is 0 Å². The van der Waals surface area contributed by atoms with Gasteiger partial charge in [-0.2, -0.15) is 0 Å². The van der Waals surface area contributed by atoms with Gasteiger partial charge in [-0.3, -0.25) is 9.69 Å². The summed E-state index contributed by atoms with van der Waals surface area (Å²) in [6.07, 6.45) is 6.87. The van der Waals surface area contributed by atoms with Crippen LogP contribution >= 0.6 is 0 Å². The largest absolute Gasteiger partial charge is 0.371 e. The van der Waals surface area contributed by atoms with Gasteiger partial charge >= 0.3 is 0 Å². The van der Waals surface area contributed by atoms with E-state index in [1.807, 2.05) is 19.4 Å². The Hall–Kier alpha value is -1.44. The van der Waals surface area contributed by atoms with Crippen LogP contribution in [0.2, 0.25) is 0 Å². The lowest BCUT2D eigenvalue weighted by molar-refractivity contribution is -0.127. The number of aromatic nitrogens is 2. The molecule has 1 spiro atoms. The molecular weight excluding hydrogens is 296 g/mol. The molecule has 3 rings (SSSR count). The number of imidazole rings is 1. The second kappa shape index (κ2) is 6.98. The Morgan fingerprint density at radius 3 is 3.22 bits per heavy atom. The summed E-state index contributed by atoms with van der Waals surface area (Å²) < 4.78 is 13.8. The van der Waals surface area contributed by atoms with Crippen molar-refractivity contribution in [2.24, 2.45) is 7.05 Å². The molecule has 3 heterocycles. The number of ether oxygens (including phenoxy) is 2. The molecule has 0 saturated carbocycles. The maximum Gasteiger partial charge on any atom is 0.245 e. The Labute approximate surface area is 137 Å². The van der Waals surface area contributed by atoms with Crippen LogP contribution in [0.5, 0.6) is 0 Å². The Bertz CT molecular complexity index is 547. The Morgan fingerprint density at radius 1 is 1.61 bits per heavy atom. The highest BCUT2D eigenvalue weighted by molar-refractivity contribution is 5.76. The van der Waals surface area contributed by atoms with Gasteiger partial charge in [0.05, 0.1) is 24.9 Å². The van der Waals surface area contributed by atoms with Gasteiger partial charge in [-0.25, -0.2) is 4.98 Å². The monoisotopic (exact) mass is 322 g/mol. The number of likely N-dealkylation sites (tertiary alicyclic amines) is 1. The topological polar surface area (TPSA) is 68.6 Å². The van der Waals surface area contributed by atoms with Crippen LogP contribution in [0.15, 0.2) is 12.4 Å². The van der Waals surface area contributed by atoms with E-state index < -0.39 is 0 Å². The molecule has 2 saturated heterocycles. The first-order valence-corrected chi connectivity index (χ1v) is 8.25. The molecule has 1 aromatic heterocycles. The summed E-state index contributed by atoms with van der Waals surface area (Å²) >= 11 is 0. The molecule has 23 heavy (non-hydrogen) atoms. The van der Waals surface area contributed by atoms with Gasteiger partial charge in [0.2, 0.25) is 5.91 Å². The number of nitrogens with one attached hydrogen (secondary N) is 1. The van der Waals surface area contributed by atoms with Crippen molar-refractivity contribution in [2.75, 3.05) is 33.4 Å². The molecule has 2 aliphatic heterocycles. The molecule has 0 aromatic carbocycles. The zero-order valence-corrected chi connectivity index (χ0v) is 14.0. The van der Waals surface area contributed by atoms with Crippen molar-refractivity contribution in [3.63, 3.8) is 0 Å². The predicted octanol–water partition coefficient (Wildman–Crippen LogP) is 0.306. The quantitative estimate of drug-likeness (QED) is 0.845. The van der Waals surface area contributed by atoms with Crippen molar-refractivity contribution >= 4 is 5.91 Å². The molecular formula is C16H26N4O3. The van der Waals surface area contributed by atoms with Crippen LogP contribution in [-0.2, 0) is 27.9 Å². The van der Waals surface area contributed by atoms with Crippen molar-refractivity contribution in [3.05, 3.63) is 18.2 Å². The first kappa shape index (κ1) is 16.4. The number of rotatable bonds is 5. The summed E-state index contributed by atoms with van der Waals surface area (Å²) in [6.45, 7) is 3.50. The SMILES string of the molecule is CNC(=O)COC1COC2(CCCN(Cc3nccn3C)C2)C1. The molecule has 2 fully saturated rings. The number of amides is 1. The normalized spacial score (nSPS) is 28.3. The van der Waals surface area contributed by atoms with Crippen LogP contribution in [0.4, 0.5) is 0 Å². The van der Waals surface area contributed by atoms with Gasteiger partial charge in [-0.05, 0) is 19.4 Å². The number of carbonyl (C=O) groups excluding carboxylic acids is 1. The fourth-order valence-electron chi connectivity index (χ4n) is 3.53. The molecule has 1 aromatic rings. The number of nitrogens with zero attached hydrogens (tertiary/aromatic N) is 3. The van der Waals surface area contributed by atoms with Crippen molar-refractivity contribution in [1.82, 2.24) is 19.8 Å². The third kappa shape index (κ3) is 3.91. The van der Waals surface area contributed by atoms with Crippen molar-refractivity contribution in [3.8, 4) is 0 Å². The molecule has 1 N–H and O–H groups in total. The van der Waals surface area contributed by atoms with E-state index in [1.165, 1.54) is 0 Å². The smallest absolute Gasteiger partial charge is 0.245 e. The maximum atomic E-state index is 11.3. The van der Waals surface area contributed by atoms with E-state index >= 15 is 0 Å². The zero-order valence-electron chi connectivity index (χ0n) is 14.0. The van der Waals surface area contributed by atoms with E-state index in [0.717, 1.165) is 44.7 Å². The van der Waals surface area contributed by atoms with E-state index in [-0.39, 0.29) is 24.2 Å². The number of carbonyl (C=O) groups is 1. The Balaban J connectivity index is 1.54. The van der Waals surface area contributed by atoms with Crippen molar-refractivity contribution in [2.45, 2.75) is 37.5 Å². The summed E-state index contributed by atoms with van der Waals surface area (Å²) in [5, 5.41) is 2.57. The summed E-state index contributed by atoms with van der Waals surface area (Å²) in [6, 6.07) is 0. The number of hydrogen-bond acceptors (Lipinski definition) is 5. The average molecular weight is 322 g/mol. The molecule has 2 aliphatic rings. The molecule has 2 atom stereocenters. The summed E-state index contributed by atoms with van der Waals surface area (Å²) in [5.74, 6) is 0.985. The first-order valence-electron chi connectivity index (χ1n) is 8.25. The molecule has 128 valence electrons. The van der Waals surface area contributed by atoms with Gasteiger partial charge < -0.3 is 19.4 Å². The number of piperidine rings is 1. The second-order valence-electron chi connectivity index (χ2n) is 6.57. The second-order valence-corrected chi connectivity index (χ2v) is 6.57. The van der Waals surface area contributed by atoms with Crippen LogP contribution < -0.4 is 5.32 Å². The predicted molar refractivity (Wildman–Crippen MR) is 84.8 cm³/mol. The fraction of sp³-hybridized carbons (Fsp3) is 0.750. The van der Waals surface area contributed by atoms with Crippen LogP contribution in [0.3, 0.4) is 0 Å². The van der Waals surface area contributed by atoms with Gasteiger partial charge in [0.15, 0.2) is 0 Å².